The van der Waals surface area contributed by atoms with Crippen LogP contribution in [-0.2, 0) is 5.75 Å². The number of hydrogen-bond acceptors (Lipinski definition) is 3. The Morgan fingerprint density at radius 3 is 2.61 bits per heavy atom. The lowest BCUT2D eigenvalue weighted by atomic mass is 10.1. The van der Waals surface area contributed by atoms with Crippen LogP contribution in [0, 0.1) is 19.7 Å². The minimum Gasteiger partial charge on any atom is -0.349 e. The number of aromatic nitrogens is 3. The molecule has 6 heteroatoms. The SMILES string of the molecule is Cc1cccc(-n2c(SCc3ccccc3F)nc3c([nH]c4ccccc43)c2=O)c1C. The summed E-state index contributed by atoms with van der Waals surface area (Å²) in [5.74, 6) is 0.112. The highest BCUT2D eigenvalue weighted by atomic mass is 32.2. The van der Waals surface area contributed by atoms with E-state index in [4.69, 9.17) is 4.98 Å². The molecule has 0 fully saturated rings. The number of halogens is 1. The van der Waals surface area contributed by atoms with Crippen molar-refractivity contribution in [2.45, 2.75) is 24.8 Å². The van der Waals surface area contributed by atoms with Gasteiger partial charge in [0.05, 0.1) is 5.69 Å². The number of H-pyrrole nitrogens is 1. The predicted octanol–water partition coefficient (Wildman–Crippen LogP) is 5.92. The molecule has 5 aromatic rings. The second-order valence-electron chi connectivity index (χ2n) is 7.53. The van der Waals surface area contributed by atoms with E-state index in [-0.39, 0.29) is 11.4 Å². The van der Waals surface area contributed by atoms with Crippen molar-refractivity contribution in [1.29, 1.82) is 0 Å². The molecule has 31 heavy (non-hydrogen) atoms. The average molecular weight is 430 g/mol. The van der Waals surface area contributed by atoms with E-state index in [0.29, 0.717) is 27.5 Å². The van der Waals surface area contributed by atoms with Gasteiger partial charge in [-0.05, 0) is 48.7 Å². The van der Waals surface area contributed by atoms with E-state index in [0.717, 1.165) is 27.7 Å². The molecule has 0 atom stereocenters. The van der Waals surface area contributed by atoms with E-state index in [1.54, 1.807) is 16.7 Å². The van der Waals surface area contributed by atoms with Crippen molar-refractivity contribution < 1.29 is 4.39 Å². The molecule has 0 saturated heterocycles. The van der Waals surface area contributed by atoms with E-state index in [9.17, 15) is 9.18 Å². The van der Waals surface area contributed by atoms with Crippen molar-refractivity contribution in [2.24, 2.45) is 0 Å². The van der Waals surface area contributed by atoms with Gasteiger partial charge < -0.3 is 4.98 Å². The highest BCUT2D eigenvalue weighted by Crippen LogP contribution is 2.29. The zero-order valence-corrected chi connectivity index (χ0v) is 18.0. The fourth-order valence-corrected chi connectivity index (χ4v) is 4.77. The molecule has 0 aliphatic heterocycles. The van der Waals surface area contributed by atoms with Gasteiger partial charge in [-0.3, -0.25) is 9.36 Å². The number of thioether (sulfide) groups is 1. The van der Waals surface area contributed by atoms with Gasteiger partial charge in [0.1, 0.15) is 16.9 Å². The summed E-state index contributed by atoms with van der Waals surface area (Å²) in [5, 5.41) is 1.44. The predicted molar refractivity (Wildman–Crippen MR) is 125 cm³/mol. The molecule has 0 amide bonds. The lowest BCUT2D eigenvalue weighted by molar-refractivity contribution is 0.617. The van der Waals surface area contributed by atoms with Crippen LogP contribution in [0.4, 0.5) is 4.39 Å². The topological polar surface area (TPSA) is 50.7 Å². The third-order valence-corrected chi connectivity index (χ3v) is 6.61. The second kappa shape index (κ2) is 7.71. The van der Waals surface area contributed by atoms with Gasteiger partial charge >= 0.3 is 0 Å². The summed E-state index contributed by atoms with van der Waals surface area (Å²) in [6, 6.07) is 20.3. The van der Waals surface area contributed by atoms with Crippen LogP contribution in [-0.4, -0.2) is 14.5 Å². The molecule has 1 N–H and O–H groups in total. The molecule has 0 aliphatic rings. The molecule has 0 saturated carbocycles. The summed E-state index contributed by atoms with van der Waals surface area (Å²) in [4.78, 5) is 21.8. The molecule has 2 heterocycles. The number of nitrogens with zero attached hydrogens (tertiary/aromatic N) is 2. The third-order valence-electron chi connectivity index (χ3n) is 5.63. The maximum Gasteiger partial charge on any atom is 0.283 e. The molecule has 0 aliphatic carbocycles. The van der Waals surface area contributed by atoms with Crippen LogP contribution >= 0.6 is 11.8 Å². The van der Waals surface area contributed by atoms with Crippen LogP contribution in [0.1, 0.15) is 16.7 Å². The molecule has 0 radical (unpaired) electrons. The Balaban J connectivity index is 1.76. The van der Waals surface area contributed by atoms with Gasteiger partial charge in [0.25, 0.3) is 5.56 Å². The molecule has 3 aromatic carbocycles. The van der Waals surface area contributed by atoms with E-state index in [2.05, 4.69) is 4.98 Å². The van der Waals surface area contributed by atoms with Crippen LogP contribution in [0.3, 0.4) is 0 Å². The van der Waals surface area contributed by atoms with Crippen molar-refractivity contribution in [1.82, 2.24) is 14.5 Å². The molecule has 5 rings (SSSR count). The largest absolute Gasteiger partial charge is 0.349 e. The Bertz CT molecular complexity index is 1500. The van der Waals surface area contributed by atoms with Gasteiger partial charge in [0.15, 0.2) is 5.16 Å². The monoisotopic (exact) mass is 429 g/mol. The van der Waals surface area contributed by atoms with Gasteiger partial charge in [-0.25, -0.2) is 9.37 Å². The lowest BCUT2D eigenvalue weighted by Crippen LogP contribution is -2.22. The Kier molecular flexibility index (Phi) is 4.87. The van der Waals surface area contributed by atoms with Crippen molar-refractivity contribution >= 4 is 33.7 Å². The summed E-state index contributed by atoms with van der Waals surface area (Å²) in [7, 11) is 0. The minimum atomic E-state index is -0.260. The van der Waals surface area contributed by atoms with Gasteiger partial charge in [-0.1, -0.05) is 60.3 Å². The Hall–Kier alpha value is -3.38. The molecule has 2 aromatic heterocycles. The van der Waals surface area contributed by atoms with Crippen molar-refractivity contribution in [2.75, 3.05) is 0 Å². The van der Waals surface area contributed by atoms with Gasteiger partial charge in [0, 0.05) is 16.7 Å². The van der Waals surface area contributed by atoms with Gasteiger partial charge in [0.2, 0.25) is 0 Å². The second-order valence-corrected chi connectivity index (χ2v) is 8.47. The Labute approximate surface area is 182 Å². The average Bonchev–Trinajstić information content (AvgIpc) is 3.15. The minimum absolute atomic E-state index is 0.161. The molecular formula is C25H20FN3OS. The number of rotatable bonds is 4. The third kappa shape index (κ3) is 3.33. The maximum absolute atomic E-state index is 14.2. The van der Waals surface area contributed by atoms with Crippen molar-refractivity contribution in [3.05, 3.63) is 99.6 Å². The first kappa shape index (κ1) is 19.6. The molecule has 0 unspecified atom stereocenters. The number of nitrogens with one attached hydrogen (secondary N) is 1. The standard InChI is InChI=1S/C25H20FN3OS/c1-15-8-7-13-21(16(15)2)29-24(30)23-22(18-10-4-6-12-20(18)27-23)28-25(29)31-14-17-9-3-5-11-19(17)26/h3-13,27H,14H2,1-2H3. The van der Waals surface area contributed by atoms with Gasteiger partial charge in [-0.2, -0.15) is 0 Å². The first-order chi connectivity index (χ1) is 15.0. The van der Waals surface area contributed by atoms with Crippen LogP contribution in [0.15, 0.2) is 76.7 Å². The highest BCUT2D eigenvalue weighted by molar-refractivity contribution is 7.98. The quantitative estimate of drug-likeness (QED) is 0.285. The molecule has 154 valence electrons. The van der Waals surface area contributed by atoms with Crippen LogP contribution < -0.4 is 5.56 Å². The fourth-order valence-electron chi connectivity index (χ4n) is 3.79. The highest BCUT2D eigenvalue weighted by Gasteiger charge is 2.19. The molecule has 0 bridgehead atoms. The number of aryl methyl sites for hydroxylation is 1. The van der Waals surface area contributed by atoms with E-state index in [1.807, 2.05) is 62.4 Å². The molecule has 0 spiro atoms. The Morgan fingerprint density at radius 1 is 1.00 bits per heavy atom. The summed E-state index contributed by atoms with van der Waals surface area (Å²) in [6.45, 7) is 4.02. The maximum atomic E-state index is 14.2. The first-order valence-electron chi connectivity index (χ1n) is 10.0. The summed E-state index contributed by atoms with van der Waals surface area (Å²) in [6.07, 6.45) is 0. The van der Waals surface area contributed by atoms with Crippen molar-refractivity contribution in [3.8, 4) is 5.69 Å². The fraction of sp³-hybridized carbons (Fsp3) is 0.120. The van der Waals surface area contributed by atoms with E-state index < -0.39 is 0 Å². The molecular weight excluding hydrogens is 409 g/mol. The first-order valence-corrected chi connectivity index (χ1v) is 11.0. The zero-order chi connectivity index (χ0) is 21.5. The number of aromatic amines is 1. The lowest BCUT2D eigenvalue weighted by Gasteiger charge is -2.15. The number of para-hydroxylation sites is 1. The van der Waals surface area contributed by atoms with E-state index in [1.165, 1.54) is 17.8 Å². The van der Waals surface area contributed by atoms with Crippen LogP contribution in [0.5, 0.6) is 0 Å². The summed E-state index contributed by atoms with van der Waals surface area (Å²) >= 11 is 1.36. The van der Waals surface area contributed by atoms with E-state index >= 15 is 0 Å². The summed E-state index contributed by atoms with van der Waals surface area (Å²) < 4.78 is 15.9. The van der Waals surface area contributed by atoms with Crippen molar-refractivity contribution in [3.63, 3.8) is 0 Å². The van der Waals surface area contributed by atoms with Crippen LogP contribution in [0.25, 0.3) is 27.6 Å². The summed E-state index contributed by atoms with van der Waals surface area (Å²) in [5.41, 5.74) is 5.27. The number of fused-ring (bicyclic) bond motifs is 3. The number of hydrogen-bond donors (Lipinski definition) is 1. The van der Waals surface area contributed by atoms with Crippen LogP contribution in [0.2, 0.25) is 0 Å². The zero-order valence-electron chi connectivity index (χ0n) is 17.1. The Morgan fingerprint density at radius 2 is 1.77 bits per heavy atom. The molecule has 4 nitrogen and oxygen atoms in total. The number of benzene rings is 3. The normalized spacial score (nSPS) is 11.5. The van der Waals surface area contributed by atoms with Gasteiger partial charge in [-0.15, -0.1) is 0 Å². The smallest absolute Gasteiger partial charge is 0.283 e.